The lowest BCUT2D eigenvalue weighted by Gasteiger charge is -2.31. The van der Waals surface area contributed by atoms with E-state index in [2.05, 4.69) is 50.8 Å². The first-order valence-electron chi connectivity index (χ1n) is 9.82. The minimum Gasteiger partial charge on any atom is -0.507 e. The molecule has 1 unspecified atom stereocenters. The van der Waals surface area contributed by atoms with Crippen molar-refractivity contribution in [3.63, 3.8) is 0 Å². The van der Waals surface area contributed by atoms with Crippen molar-refractivity contribution in [2.24, 2.45) is 0 Å². The first kappa shape index (κ1) is 20.7. The molecule has 2 aromatic carbocycles. The van der Waals surface area contributed by atoms with Gasteiger partial charge in [0.1, 0.15) is 11.5 Å². The second-order valence-corrected chi connectivity index (χ2v) is 8.46. The van der Waals surface area contributed by atoms with Crippen LogP contribution in [0.1, 0.15) is 29.2 Å². The number of hydrogen-bond donors (Lipinski definition) is 4. The first-order chi connectivity index (χ1) is 14.4. The standard InChI is InChI=1S/C22H24BrN3O4/c1-3-24-21(29)22(16-9-18(23)20(28)10-19(16)27)17(11-25-30-22)14-4-5-15-12-26(2)7-6-13(15)8-14/h4-5,8-11,25,27-28H,3,6-7,12H2,1-2H3,(H,24,29). The van der Waals surface area contributed by atoms with Gasteiger partial charge in [-0.2, -0.15) is 0 Å². The molecule has 7 nitrogen and oxygen atoms in total. The van der Waals surface area contributed by atoms with E-state index < -0.39 is 11.5 Å². The molecular formula is C22H24BrN3O4. The molecule has 158 valence electrons. The van der Waals surface area contributed by atoms with Crippen molar-refractivity contribution in [2.75, 3.05) is 20.1 Å². The zero-order valence-electron chi connectivity index (χ0n) is 16.8. The number of amides is 1. The number of aromatic hydroxyl groups is 2. The third kappa shape index (κ3) is 3.34. The van der Waals surface area contributed by atoms with E-state index >= 15 is 0 Å². The predicted octanol–water partition coefficient (Wildman–Crippen LogP) is 2.76. The van der Waals surface area contributed by atoms with Crippen LogP contribution >= 0.6 is 15.9 Å². The molecule has 2 aliphatic rings. The molecule has 4 rings (SSSR count). The van der Waals surface area contributed by atoms with E-state index in [1.54, 1.807) is 6.20 Å². The molecule has 0 fully saturated rings. The maximum Gasteiger partial charge on any atom is 0.264 e. The number of phenols is 2. The molecule has 2 aromatic rings. The van der Waals surface area contributed by atoms with Gasteiger partial charge in [-0.25, -0.2) is 4.84 Å². The highest BCUT2D eigenvalue weighted by Gasteiger charge is 2.51. The number of rotatable bonds is 4. The highest BCUT2D eigenvalue weighted by molar-refractivity contribution is 9.10. The van der Waals surface area contributed by atoms with Gasteiger partial charge in [0.2, 0.25) is 5.60 Å². The van der Waals surface area contributed by atoms with Crippen molar-refractivity contribution in [1.29, 1.82) is 0 Å². The number of fused-ring (bicyclic) bond motifs is 1. The highest BCUT2D eigenvalue weighted by atomic mass is 79.9. The maximum absolute atomic E-state index is 13.3. The van der Waals surface area contributed by atoms with Crippen LogP contribution < -0.4 is 10.8 Å². The smallest absolute Gasteiger partial charge is 0.264 e. The van der Waals surface area contributed by atoms with Crippen LogP contribution in [0.2, 0.25) is 0 Å². The van der Waals surface area contributed by atoms with Gasteiger partial charge in [0.15, 0.2) is 0 Å². The fourth-order valence-corrected chi connectivity index (χ4v) is 4.43. The summed E-state index contributed by atoms with van der Waals surface area (Å²) in [4.78, 5) is 21.4. The largest absolute Gasteiger partial charge is 0.507 e. The van der Waals surface area contributed by atoms with E-state index in [1.807, 2.05) is 13.0 Å². The van der Waals surface area contributed by atoms with E-state index in [-0.39, 0.29) is 17.1 Å². The van der Waals surface area contributed by atoms with Gasteiger partial charge >= 0.3 is 0 Å². The van der Waals surface area contributed by atoms with Gasteiger partial charge in [0.25, 0.3) is 5.91 Å². The van der Waals surface area contributed by atoms with Crippen molar-refractivity contribution in [1.82, 2.24) is 15.7 Å². The van der Waals surface area contributed by atoms with Gasteiger partial charge in [0, 0.05) is 43.0 Å². The number of carbonyl (C=O) groups is 1. The second kappa shape index (κ2) is 7.94. The molecular weight excluding hydrogens is 450 g/mol. The Balaban J connectivity index is 1.87. The Kier molecular flexibility index (Phi) is 5.48. The van der Waals surface area contributed by atoms with Crippen molar-refractivity contribution in [3.05, 3.63) is 63.3 Å². The third-order valence-electron chi connectivity index (χ3n) is 5.62. The van der Waals surface area contributed by atoms with Gasteiger partial charge in [-0.1, -0.05) is 18.2 Å². The maximum atomic E-state index is 13.3. The molecule has 30 heavy (non-hydrogen) atoms. The summed E-state index contributed by atoms with van der Waals surface area (Å²) in [6.45, 7) is 4.07. The van der Waals surface area contributed by atoms with Gasteiger partial charge in [-0.05, 0) is 59.1 Å². The van der Waals surface area contributed by atoms with Crippen molar-refractivity contribution in [3.8, 4) is 11.5 Å². The van der Waals surface area contributed by atoms with Crippen LogP contribution in [0.4, 0.5) is 0 Å². The average Bonchev–Trinajstić information content (AvgIpc) is 3.16. The average molecular weight is 474 g/mol. The zero-order chi connectivity index (χ0) is 21.5. The summed E-state index contributed by atoms with van der Waals surface area (Å²) in [7, 11) is 2.10. The predicted molar refractivity (Wildman–Crippen MR) is 117 cm³/mol. The Morgan fingerprint density at radius 1 is 1.27 bits per heavy atom. The Morgan fingerprint density at radius 2 is 2.07 bits per heavy atom. The molecule has 0 spiro atoms. The van der Waals surface area contributed by atoms with Crippen LogP contribution in [0, 0.1) is 0 Å². The molecule has 2 aliphatic heterocycles. The molecule has 0 radical (unpaired) electrons. The first-order valence-corrected chi connectivity index (χ1v) is 10.6. The Morgan fingerprint density at radius 3 is 2.83 bits per heavy atom. The monoisotopic (exact) mass is 473 g/mol. The normalized spacial score (nSPS) is 21.0. The molecule has 0 aliphatic carbocycles. The van der Waals surface area contributed by atoms with Crippen molar-refractivity contribution < 1.29 is 19.8 Å². The lowest BCUT2D eigenvalue weighted by atomic mass is 9.80. The van der Waals surface area contributed by atoms with Crippen LogP contribution in [-0.4, -0.2) is 41.2 Å². The number of phenolic OH excluding ortho intramolecular Hbond substituents is 2. The number of nitrogens with zero attached hydrogens (tertiary/aromatic N) is 1. The number of likely N-dealkylation sites (N-methyl/N-ethyl adjacent to an activating group) is 2. The summed E-state index contributed by atoms with van der Waals surface area (Å²) >= 11 is 3.28. The van der Waals surface area contributed by atoms with Gasteiger partial charge < -0.3 is 20.4 Å². The molecule has 1 atom stereocenters. The zero-order valence-corrected chi connectivity index (χ0v) is 18.4. The summed E-state index contributed by atoms with van der Waals surface area (Å²) in [5.41, 5.74) is 5.26. The Hall–Kier alpha value is -2.55. The minimum absolute atomic E-state index is 0.128. The van der Waals surface area contributed by atoms with Crippen LogP contribution in [0.3, 0.4) is 0 Å². The number of hydroxylamine groups is 1. The summed E-state index contributed by atoms with van der Waals surface area (Å²) in [5, 5.41) is 23.4. The minimum atomic E-state index is -1.62. The van der Waals surface area contributed by atoms with Crippen LogP contribution in [0.5, 0.6) is 11.5 Å². The number of nitrogens with one attached hydrogen (secondary N) is 2. The lowest BCUT2D eigenvalue weighted by Crippen LogP contribution is -2.46. The van der Waals surface area contributed by atoms with Crippen molar-refractivity contribution in [2.45, 2.75) is 25.5 Å². The van der Waals surface area contributed by atoms with E-state index in [1.165, 1.54) is 23.3 Å². The molecule has 0 bridgehead atoms. The summed E-state index contributed by atoms with van der Waals surface area (Å²) in [5.74, 6) is -0.778. The Labute approximate surface area is 183 Å². The molecule has 0 saturated carbocycles. The topological polar surface area (TPSA) is 94.1 Å². The lowest BCUT2D eigenvalue weighted by molar-refractivity contribution is -0.144. The molecule has 4 N–H and O–H groups in total. The Bertz CT molecular complexity index is 1040. The highest BCUT2D eigenvalue weighted by Crippen LogP contribution is 2.48. The summed E-state index contributed by atoms with van der Waals surface area (Å²) in [6.07, 6.45) is 2.57. The van der Waals surface area contributed by atoms with Gasteiger partial charge in [-0.15, -0.1) is 0 Å². The fraction of sp³-hybridized carbons (Fsp3) is 0.318. The quantitative estimate of drug-likeness (QED) is 0.545. The van der Waals surface area contributed by atoms with E-state index in [4.69, 9.17) is 4.84 Å². The number of carbonyl (C=O) groups excluding carboxylic acids is 1. The van der Waals surface area contributed by atoms with Crippen LogP contribution in [-0.2, 0) is 28.2 Å². The molecule has 0 saturated heterocycles. The molecule has 0 aromatic heterocycles. The SMILES string of the molecule is CCNC(=O)C1(c2cc(Br)c(O)cc2O)ONC=C1c1ccc2c(c1)CCN(C)C2. The van der Waals surface area contributed by atoms with E-state index in [9.17, 15) is 15.0 Å². The van der Waals surface area contributed by atoms with E-state index in [0.717, 1.165) is 25.1 Å². The fourth-order valence-electron chi connectivity index (χ4n) is 4.09. The van der Waals surface area contributed by atoms with Crippen molar-refractivity contribution >= 4 is 27.4 Å². The molecule has 2 heterocycles. The third-order valence-corrected chi connectivity index (χ3v) is 6.25. The number of benzene rings is 2. The van der Waals surface area contributed by atoms with Gasteiger partial charge in [0.05, 0.1) is 4.47 Å². The van der Waals surface area contributed by atoms with Crippen LogP contribution in [0.15, 0.2) is 41.0 Å². The summed E-state index contributed by atoms with van der Waals surface area (Å²) in [6, 6.07) is 8.84. The van der Waals surface area contributed by atoms with Gasteiger partial charge in [-0.3, -0.25) is 10.3 Å². The second-order valence-electron chi connectivity index (χ2n) is 7.61. The number of hydrogen-bond acceptors (Lipinski definition) is 6. The summed E-state index contributed by atoms with van der Waals surface area (Å²) < 4.78 is 0.349. The molecule has 8 heteroatoms. The molecule has 1 amide bonds. The van der Waals surface area contributed by atoms with E-state index in [0.29, 0.717) is 16.6 Å². The number of halogens is 1. The van der Waals surface area contributed by atoms with Crippen LogP contribution in [0.25, 0.3) is 5.57 Å².